The number of carbonyl (C=O) groups excluding carboxylic acids is 2. The first-order valence-electron chi connectivity index (χ1n) is 7.64. The fraction of sp³-hybridized carbons (Fsp3) is 0.263. The van der Waals surface area contributed by atoms with Crippen molar-refractivity contribution in [1.82, 2.24) is 0 Å². The van der Waals surface area contributed by atoms with Crippen LogP contribution in [0.3, 0.4) is 0 Å². The minimum atomic E-state index is -0.710. The number of ether oxygens (including phenoxy) is 2. The molecule has 1 atom stereocenters. The average Bonchev–Trinajstić information content (AvgIpc) is 2.57. The molecule has 0 bridgehead atoms. The molecule has 0 unspecified atom stereocenters. The highest BCUT2D eigenvalue weighted by Gasteiger charge is 2.16. The summed E-state index contributed by atoms with van der Waals surface area (Å²) >= 11 is 0. The second kappa shape index (κ2) is 7.64. The summed E-state index contributed by atoms with van der Waals surface area (Å²) in [5, 5.41) is 2.86. The van der Waals surface area contributed by atoms with Gasteiger partial charge in [0.2, 0.25) is 0 Å². The standard InChI is InChI=1S/C19H21NO4/c1-12-8-9-13(2)17(10-12)20-18(21)14(3)24-16-7-5-6-15(11-16)19(22)23-4/h5-11,14H,1-4H3,(H,20,21)/t14-/m0/s1. The van der Waals surface area contributed by atoms with Crippen LogP contribution in [-0.4, -0.2) is 25.1 Å². The number of methoxy groups -OCH3 is 1. The van der Waals surface area contributed by atoms with Crippen LogP contribution in [0.2, 0.25) is 0 Å². The van der Waals surface area contributed by atoms with Gasteiger partial charge in [-0.15, -0.1) is 0 Å². The fourth-order valence-corrected chi connectivity index (χ4v) is 2.18. The Hall–Kier alpha value is -2.82. The zero-order valence-corrected chi connectivity index (χ0v) is 14.3. The summed E-state index contributed by atoms with van der Waals surface area (Å²) in [4.78, 5) is 23.9. The van der Waals surface area contributed by atoms with E-state index in [0.29, 0.717) is 11.3 Å². The van der Waals surface area contributed by atoms with E-state index in [1.54, 1.807) is 31.2 Å². The lowest BCUT2D eigenvalue weighted by molar-refractivity contribution is -0.122. The van der Waals surface area contributed by atoms with E-state index < -0.39 is 12.1 Å². The molecule has 0 aromatic heterocycles. The van der Waals surface area contributed by atoms with Crippen molar-refractivity contribution in [3.63, 3.8) is 0 Å². The Kier molecular flexibility index (Phi) is 5.58. The molecular weight excluding hydrogens is 306 g/mol. The van der Waals surface area contributed by atoms with Crippen LogP contribution in [0.1, 0.15) is 28.4 Å². The summed E-state index contributed by atoms with van der Waals surface area (Å²) in [6, 6.07) is 12.4. The highest BCUT2D eigenvalue weighted by Crippen LogP contribution is 2.19. The van der Waals surface area contributed by atoms with E-state index in [0.717, 1.165) is 16.8 Å². The first-order chi connectivity index (χ1) is 11.4. The molecule has 5 heteroatoms. The highest BCUT2D eigenvalue weighted by atomic mass is 16.5. The van der Waals surface area contributed by atoms with E-state index in [4.69, 9.17) is 4.74 Å². The molecule has 0 aliphatic rings. The Morgan fingerprint density at radius 3 is 2.54 bits per heavy atom. The zero-order valence-electron chi connectivity index (χ0n) is 14.3. The number of esters is 1. The van der Waals surface area contributed by atoms with E-state index >= 15 is 0 Å². The number of aryl methyl sites for hydroxylation is 2. The minimum absolute atomic E-state index is 0.257. The first kappa shape index (κ1) is 17.5. The molecule has 5 nitrogen and oxygen atoms in total. The molecular formula is C19H21NO4. The molecule has 0 aliphatic carbocycles. The van der Waals surface area contributed by atoms with Crippen LogP contribution >= 0.6 is 0 Å². The maximum Gasteiger partial charge on any atom is 0.337 e. The van der Waals surface area contributed by atoms with Gasteiger partial charge in [0.15, 0.2) is 6.10 Å². The molecule has 24 heavy (non-hydrogen) atoms. The number of rotatable bonds is 5. The summed E-state index contributed by atoms with van der Waals surface area (Å²) in [6.45, 7) is 5.55. The quantitative estimate of drug-likeness (QED) is 0.854. The third-order valence-electron chi connectivity index (χ3n) is 3.59. The Morgan fingerprint density at radius 1 is 1.08 bits per heavy atom. The van der Waals surface area contributed by atoms with Gasteiger partial charge in [0, 0.05) is 5.69 Å². The van der Waals surface area contributed by atoms with Gasteiger partial charge in [-0.2, -0.15) is 0 Å². The summed E-state index contributed by atoms with van der Waals surface area (Å²) in [7, 11) is 1.32. The van der Waals surface area contributed by atoms with Gasteiger partial charge in [-0.1, -0.05) is 18.2 Å². The number of nitrogens with one attached hydrogen (secondary N) is 1. The molecule has 2 rings (SSSR count). The molecule has 0 aliphatic heterocycles. The third kappa shape index (κ3) is 4.35. The Morgan fingerprint density at radius 2 is 1.83 bits per heavy atom. The topological polar surface area (TPSA) is 64.6 Å². The van der Waals surface area contributed by atoms with Crippen molar-refractivity contribution in [2.75, 3.05) is 12.4 Å². The molecule has 0 heterocycles. The molecule has 1 amide bonds. The average molecular weight is 327 g/mol. The van der Waals surface area contributed by atoms with Gasteiger partial charge < -0.3 is 14.8 Å². The van der Waals surface area contributed by atoms with Gasteiger partial charge >= 0.3 is 5.97 Å². The molecule has 0 saturated heterocycles. The summed E-state index contributed by atoms with van der Waals surface area (Å²) in [5.41, 5.74) is 3.18. The molecule has 0 fully saturated rings. The smallest absolute Gasteiger partial charge is 0.337 e. The molecule has 1 N–H and O–H groups in total. The van der Waals surface area contributed by atoms with Gasteiger partial charge in [0.1, 0.15) is 5.75 Å². The number of benzene rings is 2. The van der Waals surface area contributed by atoms with Crippen molar-refractivity contribution >= 4 is 17.6 Å². The van der Waals surface area contributed by atoms with E-state index in [1.165, 1.54) is 7.11 Å². The normalized spacial score (nSPS) is 11.5. The lowest BCUT2D eigenvalue weighted by atomic mass is 10.1. The van der Waals surface area contributed by atoms with Crippen molar-refractivity contribution in [1.29, 1.82) is 0 Å². The van der Waals surface area contributed by atoms with Crippen LogP contribution in [-0.2, 0) is 9.53 Å². The molecule has 0 saturated carbocycles. The van der Waals surface area contributed by atoms with Crippen LogP contribution in [0.15, 0.2) is 42.5 Å². The van der Waals surface area contributed by atoms with Crippen molar-refractivity contribution < 1.29 is 19.1 Å². The van der Waals surface area contributed by atoms with Gasteiger partial charge in [-0.25, -0.2) is 4.79 Å². The number of anilines is 1. The van der Waals surface area contributed by atoms with E-state index in [9.17, 15) is 9.59 Å². The second-order valence-electron chi connectivity index (χ2n) is 5.59. The van der Waals surface area contributed by atoms with E-state index in [-0.39, 0.29) is 5.91 Å². The van der Waals surface area contributed by atoms with Crippen LogP contribution in [0.5, 0.6) is 5.75 Å². The SMILES string of the molecule is COC(=O)c1cccc(O[C@@H](C)C(=O)Nc2cc(C)ccc2C)c1. The number of carbonyl (C=O) groups is 2. The summed E-state index contributed by atoms with van der Waals surface area (Å²) in [6.07, 6.45) is -0.710. The molecule has 126 valence electrons. The Bertz CT molecular complexity index is 755. The lowest BCUT2D eigenvalue weighted by Crippen LogP contribution is -2.30. The van der Waals surface area contributed by atoms with E-state index in [1.807, 2.05) is 32.0 Å². The van der Waals surface area contributed by atoms with Gasteiger partial charge in [0.25, 0.3) is 5.91 Å². The van der Waals surface area contributed by atoms with Crippen molar-refractivity contribution in [2.24, 2.45) is 0 Å². The van der Waals surface area contributed by atoms with Crippen LogP contribution in [0, 0.1) is 13.8 Å². The molecule has 2 aromatic rings. The van der Waals surface area contributed by atoms with Crippen molar-refractivity contribution in [2.45, 2.75) is 26.9 Å². The predicted octanol–water partition coefficient (Wildman–Crippen LogP) is 3.50. The van der Waals surface area contributed by atoms with Crippen molar-refractivity contribution in [3.05, 3.63) is 59.2 Å². The maximum absolute atomic E-state index is 12.3. The Balaban J connectivity index is 2.06. The number of hydrogen-bond acceptors (Lipinski definition) is 4. The largest absolute Gasteiger partial charge is 0.481 e. The summed E-state index contributed by atoms with van der Waals surface area (Å²) < 4.78 is 10.3. The van der Waals surface area contributed by atoms with Gasteiger partial charge in [-0.05, 0) is 56.2 Å². The zero-order chi connectivity index (χ0) is 17.7. The van der Waals surface area contributed by atoms with Crippen LogP contribution in [0.25, 0.3) is 0 Å². The fourth-order valence-electron chi connectivity index (χ4n) is 2.18. The monoisotopic (exact) mass is 327 g/mol. The summed E-state index contributed by atoms with van der Waals surface area (Å²) in [5.74, 6) is -0.276. The maximum atomic E-state index is 12.3. The highest BCUT2D eigenvalue weighted by molar-refractivity contribution is 5.95. The van der Waals surface area contributed by atoms with Gasteiger partial charge in [-0.3, -0.25) is 4.79 Å². The second-order valence-corrected chi connectivity index (χ2v) is 5.59. The lowest BCUT2D eigenvalue weighted by Gasteiger charge is -2.16. The van der Waals surface area contributed by atoms with Crippen LogP contribution in [0.4, 0.5) is 5.69 Å². The molecule has 2 aromatic carbocycles. The Labute approximate surface area is 141 Å². The predicted molar refractivity (Wildman–Crippen MR) is 92.4 cm³/mol. The number of hydrogen-bond donors (Lipinski definition) is 1. The van der Waals surface area contributed by atoms with Gasteiger partial charge in [0.05, 0.1) is 12.7 Å². The first-order valence-corrected chi connectivity index (χ1v) is 7.64. The molecule has 0 spiro atoms. The third-order valence-corrected chi connectivity index (χ3v) is 3.59. The number of amides is 1. The van der Waals surface area contributed by atoms with E-state index in [2.05, 4.69) is 10.1 Å². The minimum Gasteiger partial charge on any atom is -0.481 e. The molecule has 0 radical (unpaired) electrons. The van der Waals surface area contributed by atoms with Crippen molar-refractivity contribution in [3.8, 4) is 5.75 Å². The van der Waals surface area contributed by atoms with Crippen LogP contribution < -0.4 is 10.1 Å².